The van der Waals surface area contributed by atoms with Crippen LogP contribution >= 0.6 is 0 Å². The lowest BCUT2D eigenvalue weighted by Crippen LogP contribution is -2.05. The first-order valence-corrected chi connectivity index (χ1v) is 5.53. The minimum atomic E-state index is 0.458. The largest absolute Gasteiger partial charge is 0.365 e. The van der Waals surface area contributed by atoms with Crippen molar-refractivity contribution in [2.75, 3.05) is 0 Å². The lowest BCUT2D eigenvalue weighted by Gasteiger charge is -2.15. The van der Waals surface area contributed by atoms with Crippen LogP contribution in [0.1, 0.15) is 40.9 Å². The third-order valence-electron chi connectivity index (χ3n) is 4.25. The summed E-state index contributed by atoms with van der Waals surface area (Å²) in [4.78, 5) is 0. The first-order valence-electron chi connectivity index (χ1n) is 5.53. The minimum absolute atomic E-state index is 0.458. The molecule has 1 aromatic rings. The SMILES string of the molecule is Cc1ccc(C)c2c1[C@H]1O[C@@H]2[C@@H]2C[C@@H]21. The van der Waals surface area contributed by atoms with Crippen LogP contribution < -0.4 is 0 Å². The predicted octanol–water partition coefficient (Wildman–Crippen LogP) is 3.07. The Bertz CT molecular complexity index is 396. The molecule has 14 heavy (non-hydrogen) atoms. The smallest absolute Gasteiger partial charge is 0.0871 e. The Kier molecular flexibility index (Phi) is 1.10. The van der Waals surface area contributed by atoms with E-state index in [0.717, 1.165) is 11.8 Å². The van der Waals surface area contributed by atoms with E-state index in [0.29, 0.717) is 12.2 Å². The van der Waals surface area contributed by atoms with Gasteiger partial charge in [-0.15, -0.1) is 0 Å². The number of hydrogen-bond acceptors (Lipinski definition) is 1. The van der Waals surface area contributed by atoms with Gasteiger partial charge in [-0.3, -0.25) is 0 Å². The van der Waals surface area contributed by atoms with Crippen molar-refractivity contribution in [2.24, 2.45) is 11.8 Å². The van der Waals surface area contributed by atoms with Crippen LogP contribution in [0.3, 0.4) is 0 Å². The molecular weight excluding hydrogens is 172 g/mol. The number of hydrogen-bond donors (Lipinski definition) is 0. The van der Waals surface area contributed by atoms with E-state index in [9.17, 15) is 0 Å². The average Bonchev–Trinajstić information content (AvgIpc) is 2.79. The molecule has 1 heteroatoms. The van der Waals surface area contributed by atoms with Crippen molar-refractivity contribution < 1.29 is 4.74 Å². The van der Waals surface area contributed by atoms with E-state index in [4.69, 9.17) is 4.74 Å². The number of fused-ring (bicyclic) bond motifs is 8. The van der Waals surface area contributed by atoms with Crippen LogP contribution in [0.2, 0.25) is 0 Å². The molecule has 0 N–H and O–H groups in total. The van der Waals surface area contributed by atoms with Crippen LogP contribution in [0, 0.1) is 25.7 Å². The van der Waals surface area contributed by atoms with Crippen molar-refractivity contribution in [3.8, 4) is 0 Å². The highest BCUT2D eigenvalue weighted by Gasteiger charge is 2.62. The number of benzene rings is 1. The van der Waals surface area contributed by atoms with Gasteiger partial charge in [0.1, 0.15) is 0 Å². The van der Waals surface area contributed by atoms with Gasteiger partial charge in [0.05, 0.1) is 12.2 Å². The second-order valence-corrected chi connectivity index (χ2v) is 5.07. The molecule has 1 aliphatic carbocycles. The minimum Gasteiger partial charge on any atom is -0.365 e. The molecule has 2 bridgehead atoms. The molecule has 3 aliphatic rings. The van der Waals surface area contributed by atoms with Crippen LogP contribution in [0.4, 0.5) is 0 Å². The highest BCUT2D eigenvalue weighted by Crippen LogP contribution is 2.69. The molecule has 2 aliphatic heterocycles. The van der Waals surface area contributed by atoms with E-state index in [2.05, 4.69) is 26.0 Å². The number of aryl methyl sites for hydroxylation is 2. The van der Waals surface area contributed by atoms with Gasteiger partial charge in [0.15, 0.2) is 0 Å². The van der Waals surface area contributed by atoms with Crippen LogP contribution in [-0.2, 0) is 4.74 Å². The van der Waals surface area contributed by atoms with Gasteiger partial charge in [-0.05, 0) is 54.4 Å². The molecule has 0 amide bonds. The van der Waals surface area contributed by atoms with Crippen molar-refractivity contribution >= 4 is 0 Å². The second-order valence-electron chi connectivity index (χ2n) is 5.07. The summed E-state index contributed by atoms with van der Waals surface area (Å²) in [5, 5.41) is 0. The fourth-order valence-electron chi connectivity index (χ4n) is 3.47. The molecule has 72 valence electrons. The van der Waals surface area contributed by atoms with Gasteiger partial charge in [0.25, 0.3) is 0 Å². The summed E-state index contributed by atoms with van der Waals surface area (Å²) >= 11 is 0. The fourth-order valence-corrected chi connectivity index (χ4v) is 3.47. The highest BCUT2D eigenvalue weighted by molar-refractivity contribution is 5.50. The van der Waals surface area contributed by atoms with Crippen molar-refractivity contribution in [3.63, 3.8) is 0 Å². The van der Waals surface area contributed by atoms with Crippen molar-refractivity contribution in [3.05, 3.63) is 34.4 Å². The van der Waals surface area contributed by atoms with Crippen LogP contribution in [-0.4, -0.2) is 0 Å². The zero-order valence-electron chi connectivity index (χ0n) is 8.58. The predicted molar refractivity (Wildman–Crippen MR) is 54.1 cm³/mol. The van der Waals surface area contributed by atoms with Crippen LogP contribution in [0.5, 0.6) is 0 Å². The van der Waals surface area contributed by atoms with Gasteiger partial charge in [-0.1, -0.05) is 12.1 Å². The maximum absolute atomic E-state index is 6.07. The molecule has 4 atom stereocenters. The van der Waals surface area contributed by atoms with Crippen molar-refractivity contribution in [2.45, 2.75) is 32.5 Å². The van der Waals surface area contributed by atoms with Gasteiger partial charge in [0, 0.05) is 0 Å². The van der Waals surface area contributed by atoms with Gasteiger partial charge in [-0.25, -0.2) is 0 Å². The molecule has 0 radical (unpaired) electrons. The molecule has 2 fully saturated rings. The van der Waals surface area contributed by atoms with Gasteiger partial charge >= 0.3 is 0 Å². The molecule has 0 unspecified atom stereocenters. The van der Waals surface area contributed by atoms with E-state index in [1.807, 2.05) is 0 Å². The van der Waals surface area contributed by atoms with Crippen LogP contribution in [0.25, 0.3) is 0 Å². The Labute approximate surface area is 84.1 Å². The zero-order valence-corrected chi connectivity index (χ0v) is 8.58. The van der Waals surface area contributed by atoms with Crippen LogP contribution in [0.15, 0.2) is 12.1 Å². The normalized spacial score (nSPS) is 41.0. The summed E-state index contributed by atoms with van der Waals surface area (Å²) in [5.74, 6) is 1.74. The molecule has 0 aromatic heterocycles. The Morgan fingerprint density at radius 1 is 1.00 bits per heavy atom. The highest BCUT2D eigenvalue weighted by atomic mass is 16.5. The molecule has 1 nitrogen and oxygen atoms in total. The first-order chi connectivity index (χ1) is 6.77. The van der Waals surface area contributed by atoms with Gasteiger partial charge in [0.2, 0.25) is 0 Å². The quantitative estimate of drug-likeness (QED) is 0.605. The molecular formula is C13H14O. The fraction of sp³-hybridized carbons (Fsp3) is 0.538. The van der Waals surface area contributed by atoms with E-state index in [1.54, 1.807) is 0 Å². The Hall–Kier alpha value is -0.820. The standard InChI is InChI=1S/C13H14O/c1-6-3-4-7(2)11-10(6)12-8-5-9(8)13(11)14-12/h3-4,8-9,12-13H,5H2,1-2H3/t8-,9+,12-,13+. The van der Waals surface area contributed by atoms with Crippen molar-refractivity contribution in [1.82, 2.24) is 0 Å². The first kappa shape index (κ1) is 7.47. The maximum atomic E-state index is 6.07. The van der Waals surface area contributed by atoms with Gasteiger partial charge < -0.3 is 4.74 Å². The molecule has 4 rings (SSSR count). The molecule has 2 heterocycles. The topological polar surface area (TPSA) is 9.23 Å². The third kappa shape index (κ3) is 0.651. The zero-order chi connectivity index (χ0) is 9.45. The summed E-state index contributed by atoms with van der Waals surface area (Å²) in [5.41, 5.74) is 5.94. The van der Waals surface area contributed by atoms with E-state index in [1.165, 1.54) is 28.7 Å². The van der Waals surface area contributed by atoms with Crippen molar-refractivity contribution in [1.29, 1.82) is 0 Å². The van der Waals surface area contributed by atoms with E-state index >= 15 is 0 Å². The molecule has 1 aromatic carbocycles. The lowest BCUT2D eigenvalue weighted by molar-refractivity contribution is 0.0389. The summed E-state index contributed by atoms with van der Waals surface area (Å²) in [7, 11) is 0. The summed E-state index contributed by atoms with van der Waals surface area (Å²) in [6, 6.07) is 4.49. The maximum Gasteiger partial charge on any atom is 0.0871 e. The Morgan fingerprint density at radius 2 is 1.50 bits per heavy atom. The average molecular weight is 186 g/mol. The summed E-state index contributed by atoms with van der Waals surface area (Å²) < 4.78 is 6.07. The number of ether oxygens (including phenoxy) is 1. The molecule has 1 saturated carbocycles. The Morgan fingerprint density at radius 3 is 2.00 bits per heavy atom. The molecule has 1 saturated heterocycles. The molecule has 0 spiro atoms. The summed E-state index contributed by atoms with van der Waals surface area (Å²) in [6.45, 7) is 4.44. The third-order valence-corrected chi connectivity index (χ3v) is 4.25. The van der Waals surface area contributed by atoms with E-state index in [-0.39, 0.29) is 0 Å². The number of rotatable bonds is 0. The lowest BCUT2D eigenvalue weighted by atomic mass is 9.86. The summed E-state index contributed by atoms with van der Waals surface area (Å²) in [6.07, 6.45) is 2.32. The van der Waals surface area contributed by atoms with E-state index < -0.39 is 0 Å². The van der Waals surface area contributed by atoms with Gasteiger partial charge in [-0.2, -0.15) is 0 Å². The Balaban J connectivity index is 2.04. The monoisotopic (exact) mass is 186 g/mol. The second kappa shape index (κ2) is 2.06.